The highest BCUT2D eigenvalue weighted by atomic mass is 16.5. The van der Waals surface area contributed by atoms with Crippen LogP contribution < -0.4 is 15.4 Å². The number of nitrogens with one attached hydrogen (secondary N) is 2. The third kappa shape index (κ3) is 4.17. The summed E-state index contributed by atoms with van der Waals surface area (Å²) in [4.78, 5) is 20.0. The molecule has 110 valence electrons. The van der Waals surface area contributed by atoms with Gasteiger partial charge < -0.3 is 15.4 Å². The summed E-state index contributed by atoms with van der Waals surface area (Å²) in [7, 11) is 1.58. The molecule has 0 saturated heterocycles. The molecule has 0 bridgehead atoms. The highest BCUT2D eigenvalue weighted by Crippen LogP contribution is 2.22. The Morgan fingerprint density at radius 3 is 2.90 bits per heavy atom. The number of nitrogens with zero attached hydrogens (tertiary/aromatic N) is 2. The quantitative estimate of drug-likeness (QED) is 0.882. The molecule has 21 heavy (non-hydrogen) atoms. The summed E-state index contributed by atoms with van der Waals surface area (Å²) in [5.74, 6) is 0.648. The number of rotatable bonds is 5. The van der Waals surface area contributed by atoms with Gasteiger partial charge in [-0.25, -0.2) is 4.79 Å². The summed E-state index contributed by atoms with van der Waals surface area (Å²) < 4.78 is 5.23. The van der Waals surface area contributed by atoms with Crippen molar-refractivity contribution in [3.05, 3.63) is 54.1 Å². The molecular weight excluding hydrogens is 268 g/mol. The molecule has 2 N–H and O–H groups in total. The molecule has 0 saturated carbocycles. The minimum Gasteiger partial charge on any atom is -0.495 e. The lowest BCUT2D eigenvalue weighted by Crippen LogP contribution is -2.36. The van der Waals surface area contributed by atoms with Gasteiger partial charge in [-0.05, 0) is 25.1 Å². The molecule has 1 atom stereocenters. The number of amides is 2. The van der Waals surface area contributed by atoms with E-state index >= 15 is 0 Å². The van der Waals surface area contributed by atoms with E-state index in [1.54, 1.807) is 25.7 Å². The number of hydrogen-bond acceptors (Lipinski definition) is 4. The van der Waals surface area contributed by atoms with E-state index in [2.05, 4.69) is 20.6 Å². The Hall–Kier alpha value is -2.63. The molecule has 0 fully saturated rings. The van der Waals surface area contributed by atoms with Gasteiger partial charge in [-0.1, -0.05) is 6.07 Å². The fourth-order valence-electron chi connectivity index (χ4n) is 1.92. The third-order valence-electron chi connectivity index (χ3n) is 3.01. The van der Waals surface area contributed by atoms with Crippen LogP contribution in [0.3, 0.4) is 0 Å². The van der Waals surface area contributed by atoms with Gasteiger partial charge in [0.05, 0.1) is 31.6 Å². The molecule has 2 amide bonds. The lowest BCUT2D eigenvalue weighted by Gasteiger charge is -2.17. The van der Waals surface area contributed by atoms with Crippen molar-refractivity contribution >= 4 is 6.03 Å². The Morgan fingerprint density at radius 2 is 2.19 bits per heavy atom. The Morgan fingerprint density at radius 1 is 1.33 bits per heavy atom. The summed E-state index contributed by atoms with van der Waals surface area (Å²) in [5.41, 5.74) is 1.68. The highest BCUT2D eigenvalue weighted by Gasteiger charge is 2.13. The van der Waals surface area contributed by atoms with E-state index < -0.39 is 0 Å². The van der Waals surface area contributed by atoms with Crippen LogP contribution in [0.1, 0.15) is 24.2 Å². The molecular formula is C15H18N4O2. The monoisotopic (exact) mass is 286 g/mol. The largest absolute Gasteiger partial charge is 0.495 e. The fraction of sp³-hybridized carbons (Fsp3) is 0.267. The predicted molar refractivity (Wildman–Crippen MR) is 78.8 cm³/mol. The van der Waals surface area contributed by atoms with Crippen molar-refractivity contribution in [2.75, 3.05) is 7.11 Å². The molecule has 6 heteroatoms. The van der Waals surface area contributed by atoms with Crippen LogP contribution in [0, 0.1) is 0 Å². The van der Waals surface area contributed by atoms with Crippen LogP contribution in [0.2, 0.25) is 0 Å². The smallest absolute Gasteiger partial charge is 0.315 e. The maximum Gasteiger partial charge on any atom is 0.315 e. The highest BCUT2D eigenvalue weighted by molar-refractivity contribution is 5.74. The predicted octanol–water partition coefficient (Wildman–Crippen LogP) is 2.05. The fourth-order valence-corrected chi connectivity index (χ4v) is 1.92. The molecule has 2 aromatic heterocycles. The topological polar surface area (TPSA) is 76.1 Å². The summed E-state index contributed by atoms with van der Waals surface area (Å²) >= 11 is 0. The van der Waals surface area contributed by atoms with E-state index in [1.807, 2.05) is 31.2 Å². The van der Waals surface area contributed by atoms with Gasteiger partial charge in [0.25, 0.3) is 0 Å². The SMILES string of the molecule is COc1cnccc1[C@@H](C)NC(=O)NCc1ccccn1. The van der Waals surface area contributed by atoms with E-state index in [0.717, 1.165) is 11.3 Å². The average molecular weight is 286 g/mol. The van der Waals surface area contributed by atoms with Crippen LogP contribution in [0.25, 0.3) is 0 Å². The van der Waals surface area contributed by atoms with Crippen molar-refractivity contribution in [3.63, 3.8) is 0 Å². The van der Waals surface area contributed by atoms with Crippen LogP contribution in [0.15, 0.2) is 42.9 Å². The Balaban J connectivity index is 1.90. The van der Waals surface area contributed by atoms with Crippen molar-refractivity contribution in [1.82, 2.24) is 20.6 Å². The minimum absolute atomic E-state index is 0.188. The van der Waals surface area contributed by atoms with Gasteiger partial charge in [0, 0.05) is 18.0 Å². The number of aromatic nitrogens is 2. The van der Waals surface area contributed by atoms with Gasteiger partial charge in [0.2, 0.25) is 0 Å². The van der Waals surface area contributed by atoms with Gasteiger partial charge in [-0.3, -0.25) is 9.97 Å². The zero-order valence-corrected chi connectivity index (χ0v) is 12.0. The second kappa shape index (κ2) is 7.23. The Bertz CT molecular complexity index is 589. The van der Waals surface area contributed by atoms with Crippen LogP contribution >= 0.6 is 0 Å². The Kier molecular flexibility index (Phi) is 5.09. The first-order valence-corrected chi connectivity index (χ1v) is 6.63. The molecule has 0 radical (unpaired) electrons. The maximum atomic E-state index is 11.9. The van der Waals surface area contributed by atoms with Gasteiger partial charge in [-0.2, -0.15) is 0 Å². The number of pyridine rings is 2. The number of ether oxygens (including phenoxy) is 1. The standard InChI is InChI=1S/C15H18N4O2/c1-11(13-6-8-16-10-14(13)21-2)19-15(20)18-9-12-5-3-4-7-17-12/h3-8,10-11H,9H2,1-2H3,(H2,18,19,20)/t11-/m1/s1. The lowest BCUT2D eigenvalue weighted by atomic mass is 10.1. The van der Waals surface area contributed by atoms with Gasteiger partial charge in [0.15, 0.2) is 0 Å². The second-order valence-electron chi connectivity index (χ2n) is 4.49. The maximum absolute atomic E-state index is 11.9. The van der Waals surface area contributed by atoms with Gasteiger partial charge >= 0.3 is 6.03 Å². The number of carbonyl (C=O) groups is 1. The van der Waals surface area contributed by atoms with Crippen molar-refractivity contribution in [3.8, 4) is 5.75 Å². The average Bonchev–Trinajstić information content (AvgIpc) is 2.53. The lowest BCUT2D eigenvalue weighted by molar-refractivity contribution is 0.237. The van der Waals surface area contributed by atoms with E-state index in [4.69, 9.17) is 4.74 Å². The number of urea groups is 1. The summed E-state index contributed by atoms with van der Waals surface area (Å²) in [6, 6.07) is 6.95. The second-order valence-corrected chi connectivity index (χ2v) is 4.49. The molecule has 2 aromatic rings. The molecule has 0 spiro atoms. The first-order valence-electron chi connectivity index (χ1n) is 6.63. The Labute approximate surface area is 123 Å². The van der Waals surface area contributed by atoms with E-state index in [-0.39, 0.29) is 12.1 Å². The molecule has 0 aromatic carbocycles. The molecule has 0 aliphatic carbocycles. The third-order valence-corrected chi connectivity index (χ3v) is 3.01. The first-order chi connectivity index (χ1) is 10.2. The van der Waals surface area contributed by atoms with E-state index in [1.165, 1.54) is 0 Å². The van der Waals surface area contributed by atoms with Crippen LogP contribution in [-0.4, -0.2) is 23.1 Å². The van der Waals surface area contributed by atoms with Crippen molar-refractivity contribution in [2.24, 2.45) is 0 Å². The molecule has 0 unspecified atom stereocenters. The number of methoxy groups -OCH3 is 1. The zero-order chi connectivity index (χ0) is 15.1. The van der Waals surface area contributed by atoms with Crippen molar-refractivity contribution < 1.29 is 9.53 Å². The van der Waals surface area contributed by atoms with E-state index in [9.17, 15) is 4.79 Å². The van der Waals surface area contributed by atoms with Crippen LogP contribution in [0.5, 0.6) is 5.75 Å². The first kappa shape index (κ1) is 14.8. The molecule has 6 nitrogen and oxygen atoms in total. The summed E-state index contributed by atoms with van der Waals surface area (Å²) in [6.45, 7) is 2.27. The summed E-state index contributed by atoms with van der Waals surface area (Å²) in [6.07, 6.45) is 4.99. The normalized spacial score (nSPS) is 11.5. The number of hydrogen-bond donors (Lipinski definition) is 2. The van der Waals surface area contributed by atoms with Crippen LogP contribution in [-0.2, 0) is 6.54 Å². The zero-order valence-electron chi connectivity index (χ0n) is 12.0. The number of carbonyl (C=O) groups excluding carboxylic acids is 1. The molecule has 2 rings (SSSR count). The molecule has 0 aliphatic heterocycles. The van der Waals surface area contributed by atoms with Crippen molar-refractivity contribution in [2.45, 2.75) is 19.5 Å². The molecule has 0 aliphatic rings. The molecule has 2 heterocycles. The van der Waals surface area contributed by atoms with Crippen LogP contribution in [0.4, 0.5) is 4.79 Å². The summed E-state index contributed by atoms with van der Waals surface area (Å²) in [5, 5.41) is 5.62. The minimum atomic E-state index is -0.257. The van der Waals surface area contributed by atoms with Gasteiger partial charge in [-0.15, -0.1) is 0 Å². The van der Waals surface area contributed by atoms with Gasteiger partial charge in [0.1, 0.15) is 5.75 Å². The van der Waals surface area contributed by atoms with Crippen molar-refractivity contribution in [1.29, 1.82) is 0 Å². The van der Waals surface area contributed by atoms with E-state index in [0.29, 0.717) is 12.3 Å².